The minimum absolute atomic E-state index is 0.437. The van der Waals surface area contributed by atoms with Crippen molar-refractivity contribution in [2.45, 2.75) is 32.7 Å². The lowest BCUT2D eigenvalue weighted by Gasteiger charge is -2.14. The van der Waals surface area contributed by atoms with Crippen LogP contribution in [0.5, 0.6) is 0 Å². The minimum atomic E-state index is 0.437. The molecule has 1 unspecified atom stereocenters. The molecule has 1 aromatic heterocycles. The first kappa shape index (κ1) is 11.3. The second kappa shape index (κ2) is 5.20. The lowest BCUT2D eigenvalue weighted by atomic mass is 10.2. The van der Waals surface area contributed by atoms with Crippen LogP contribution in [-0.4, -0.2) is 11.0 Å². The van der Waals surface area contributed by atoms with Gasteiger partial charge in [-0.15, -0.1) is 0 Å². The Kier molecular flexibility index (Phi) is 4.20. The molecular weight excluding hydrogens is 242 g/mol. The lowest BCUT2D eigenvalue weighted by Crippen LogP contribution is -2.15. The van der Waals surface area contributed by atoms with Crippen molar-refractivity contribution in [2.75, 3.05) is 11.1 Å². The molecular formula is C10H16BrN3. The third-order valence-corrected chi connectivity index (χ3v) is 2.57. The fourth-order valence-electron chi connectivity index (χ4n) is 1.30. The monoisotopic (exact) mass is 257 g/mol. The number of nitrogens with zero attached hydrogens (tertiary/aromatic N) is 1. The highest BCUT2D eigenvalue weighted by Crippen LogP contribution is 2.22. The van der Waals surface area contributed by atoms with Crippen LogP contribution in [0.25, 0.3) is 0 Å². The number of hydrogen-bond acceptors (Lipinski definition) is 3. The van der Waals surface area contributed by atoms with E-state index in [0.717, 1.165) is 16.7 Å². The summed E-state index contributed by atoms with van der Waals surface area (Å²) in [6, 6.07) is 2.29. The molecule has 4 heteroatoms. The zero-order chi connectivity index (χ0) is 10.6. The normalized spacial score (nSPS) is 12.5. The molecule has 3 N–H and O–H groups in total. The Hall–Kier alpha value is -0.770. The number of nitrogens with two attached hydrogens (primary N) is 1. The average molecular weight is 258 g/mol. The number of aromatic nitrogens is 1. The van der Waals surface area contributed by atoms with Gasteiger partial charge in [-0.3, -0.25) is 0 Å². The molecule has 0 saturated heterocycles. The van der Waals surface area contributed by atoms with Crippen LogP contribution >= 0.6 is 15.9 Å². The smallest absolute Gasteiger partial charge is 0.140 e. The standard InChI is InChI=1S/C10H16BrN3/c1-3-4-7(2)14-10-9(11)5-8(12)6-13-10/h5-7H,3-4,12H2,1-2H3,(H,13,14). The number of hydrogen-bond donors (Lipinski definition) is 2. The topological polar surface area (TPSA) is 50.9 Å². The number of nitrogens with one attached hydrogen (secondary N) is 1. The molecule has 1 aromatic rings. The molecule has 0 saturated carbocycles. The van der Waals surface area contributed by atoms with Crippen molar-refractivity contribution in [1.82, 2.24) is 4.98 Å². The van der Waals surface area contributed by atoms with Crippen LogP contribution < -0.4 is 11.1 Å². The van der Waals surface area contributed by atoms with E-state index >= 15 is 0 Å². The maximum absolute atomic E-state index is 5.60. The van der Waals surface area contributed by atoms with Gasteiger partial charge in [-0.1, -0.05) is 13.3 Å². The Labute approximate surface area is 93.2 Å². The number of pyridine rings is 1. The Morgan fingerprint density at radius 3 is 2.93 bits per heavy atom. The summed E-state index contributed by atoms with van der Waals surface area (Å²) in [5.41, 5.74) is 6.27. The first-order chi connectivity index (χ1) is 6.63. The zero-order valence-corrected chi connectivity index (χ0v) is 10.1. The van der Waals surface area contributed by atoms with Crippen LogP contribution in [0.4, 0.5) is 11.5 Å². The van der Waals surface area contributed by atoms with Crippen molar-refractivity contribution in [3.63, 3.8) is 0 Å². The summed E-state index contributed by atoms with van der Waals surface area (Å²) in [6.45, 7) is 4.32. The lowest BCUT2D eigenvalue weighted by molar-refractivity contribution is 0.687. The van der Waals surface area contributed by atoms with Gasteiger partial charge in [-0.2, -0.15) is 0 Å². The van der Waals surface area contributed by atoms with Gasteiger partial charge in [-0.25, -0.2) is 4.98 Å². The second-order valence-corrected chi connectivity index (χ2v) is 4.29. The molecule has 0 fully saturated rings. The van der Waals surface area contributed by atoms with Crippen molar-refractivity contribution in [3.05, 3.63) is 16.7 Å². The summed E-state index contributed by atoms with van der Waals surface area (Å²) < 4.78 is 0.917. The zero-order valence-electron chi connectivity index (χ0n) is 8.55. The van der Waals surface area contributed by atoms with Crippen molar-refractivity contribution >= 4 is 27.4 Å². The predicted molar refractivity (Wildman–Crippen MR) is 64.3 cm³/mol. The van der Waals surface area contributed by atoms with E-state index in [1.165, 1.54) is 6.42 Å². The fraction of sp³-hybridized carbons (Fsp3) is 0.500. The van der Waals surface area contributed by atoms with E-state index in [0.29, 0.717) is 11.7 Å². The van der Waals surface area contributed by atoms with E-state index in [4.69, 9.17) is 5.73 Å². The summed E-state index contributed by atoms with van der Waals surface area (Å²) >= 11 is 3.42. The van der Waals surface area contributed by atoms with Crippen molar-refractivity contribution < 1.29 is 0 Å². The Morgan fingerprint density at radius 2 is 2.36 bits per heavy atom. The third kappa shape index (κ3) is 3.18. The molecule has 14 heavy (non-hydrogen) atoms. The summed E-state index contributed by atoms with van der Waals surface area (Å²) in [5.74, 6) is 0.861. The van der Waals surface area contributed by atoms with Crippen LogP contribution in [0, 0.1) is 0 Å². The summed E-state index contributed by atoms with van der Waals surface area (Å²) in [6.07, 6.45) is 3.96. The van der Waals surface area contributed by atoms with Crippen LogP contribution in [0.15, 0.2) is 16.7 Å². The molecule has 0 amide bonds. The third-order valence-electron chi connectivity index (χ3n) is 1.97. The van der Waals surface area contributed by atoms with Crippen molar-refractivity contribution in [3.8, 4) is 0 Å². The van der Waals surface area contributed by atoms with Gasteiger partial charge < -0.3 is 11.1 Å². The van der Waals surface area contributed by atoms with Gasteiger partial charge in [0.2, 0.25) is 0 Å². The summed E-state index contributed by atoms with van der Waals surface area (Å²) in [5, 5.41) is 3.32. The minimum Gasteiger partial charge on any atom is -0.397 e. The second-order valence-electron chi connectivity index (χ2n) is 3.43. The van der Waals surface area contributed by atoms with Gasteiger partial charge in [0.1, 0.15) is 5.82 Å². The van der Waals surface area contributed by atoms with E-state index < -0.39 is 0 Å². The SMILES string of the molecule is CCCC(C)Nc1ncc(N)cc1Br. The fourth-order valence-corrected chi connectivity index (χ4v) is 1.78. The first-order valence-corrected chi connectivity index (χ1v) is 5.60. The van der Waals surface area contributed by atoms with Crippen molar-refractivity contribution in [1.29, 1.82) is 0 Å². The number of rotatable bonds is 4. The van der Waals surface area contributed by atoms with Gasteiger partial charge in [0.05, 0.1) is 16.4 Å². The highest BCUT2D eigenvalue weighted by Gasteiger charge is 2.05. The van der Waals surface area contributed by atoms with Gasteiger partial charge in [0.25, 0.3) is 0 Å². The van der Waals surface area contributed by atoms with E-state index in [9.17, 15) is 0 Å². The van der Waals surface area contributed by atoms with Gasteiger partial charge in [0.15, 0.2) is 0 Å². The van der Waals surface area contributed by atoms with Gasteiger partial charge in [-0.05, 0) is 35.3 Å². The maximum Gasteiger partial charge on any atom is 0.140 e. The molecule has 1 heterocycles. The quantitative estimate of drug-likeness (QED) is 0.872. The van der Waals surface area contributed by atoms with E-state index in [2.05, 4.69) is 40.1 Å². The van der Waals surface area contributed by atoms with Crippen LogP contribution in [0.2, 0.25) is 0 Å². The highest BCUT2D eigenvalue weighted by molar-refractivity contribution is 9.10. The molecule has 0 aromatic carbocycles. The van der Waals surface area contributed by atoms with Crippen LogP contribution in [-0.2, 0) is 0 Å². The van der Waals surface area contributed by atoms with E-state index in [-0.39, 0.29) is 0 Å². The number of nitrogen functional groups attached to an aromatic ring is 1. The Balaban J connectivity index is 2.67. The van der Waals surface area contributed by atoms with E-state index in [1.807, 2.05) is 6.07 Å². The first-order valence-electron chi connectivity index (χ1n) is 4.81. The molecule has 0 aliphatic heterocycles. The molecule has 0 radical (unpaired) electrons. The average Bonchev–Trinajstić information content (AvgIpc) is 2.10. The largest absolute Gasteiger partial charge is 0.397 e. The van der Waals surface area contributed by atoms with Crippen LogP contribution in [0.3, 0.4) is 0 Å². The molecule has 1 rings (SSSR count). The van der Waals surface area contributed by atoms with Gasteiger partial charge in [0, 0.05) is 6.04 Å². The Morgan fingerprint density at radius 1 is 1.64 bits per heavy atom. The molecule has 0 aliphatic rings. The molecule has 3 nitrogen and oxygen atoms in total. The van der Waals surface area contributed by atoms with Crippen LogP contribution in [0.1, 0.15) is 26.7 Å². The number of halogens is 1. The number of anilines is 2. The van der Waals surface area contributed by atoms with Gasteiger partial charge >= 0.3 is 0 Å². The molecule has 1 atom stereocenters. The summed E-state index contributed by atoms with van der Waals surface area (Å²) in [4.78, 5) is 4.22. The predicted octanol–water partition coefficient (Wildman–Crippen LogP) is 3.03. The molecule has 0 spiro atoms. The van der Waals surface area contributed by atoms with E-state index in [1.54, 1.807) is 6.20 Å². The van der Waals surface area contributed by atoms with Crippen molar-refractivity contribution in [2.24, 2.45) is 0 Å². The highest BCUT2D eigenvalue weighted by atomic mass is 79.9. The Bertz CT molecular complexity index is 301. The molecule has 78 valence electrons. The molecule has 0 bridgehead atoms. The maximum atomic E-state index is 5.60. The molecule has 0 aliphatic carbocycles. The summed E-state index contributed by atoms with van der Waals surface area (Å²) in [7, 11) is 0.